The Balaban J connectivity index is 2.25. The molecule has 0 unspecified atom stereocenters. The highest BCUT2D eigenvalue weighted by Gasteiger charge is 2.23. The van der Waals surface area contributed by atoms with E-state index in [0.717, 1.165) is 16.7 Å². The largest absolute Gasteiger partial charge is 0.294 e. The maximum absolute atomic E-state index is 11.7. The van der Waals surface area contributed by atoms with E-state index in [1.54, 1.807) is 12.1 Å². The molecule has 2 aromatic carbocycles. The Kier molecular flexibility index (Phi) is 4.15. The summed E-state index contributed by atoms with van der Waals surface area (Å²) in [6, 6.07) is 5.46. The van der Waals surface area contributed by atoms with Crippen molar-refractivity contribution in [2.45, 2.75) is 12.8 Å². The summed E-state index contributed by atoms with van der Waals surface area (Å²) in [6.45, 7) is 0. The number of halogens is 5. The number of hydrogen-bond acceptors (Lipinski definition) is 1. The number of carbonyl (C=O) groups excluding carboxylic acids is 1. The van der Waals surface area contributed by atoms with Crippen LogP contribution in [0.25, 0.3) is 11.1 Å². The van der Waals surface area contributed by atoms with Gasteiger partial charge in [-0.3, -0.25) is 4.79 Å². The Hall–Kier alpha value is -0.440. The number of fused-ring (bicyclic) bond motifs is 1. The molecule has 0 atom stereocenters. The minimum absolute atomic E-state index is 0.133. The predicted molar refractivity (Wildman–Crippen MR) is 89.6 cm³/mol. The molecule has 21 heavy (non-hydrogen) atoms. The smallest absolute Gasteiger partial charge is 0.163 e. The molecule has 0 N–H and O–H groups in total. The zero-order valence-corrected chi connectivity index (χ0v) is 14.2. The molecule has 0 aliphatic heterocycles. The van der Waals surface area contributed by atoms with Crippen LogP contribution >= 0.6 is 58.0 Å². The first-order valence-corrected chi connectivity index (χ1v) is 7.98. The van der Waals surface area contributed by atoms with Gasteiger partial charge < -0.3 is 0 Å². The number of rotatable bonds is 1. The summed E-state index contributed by atoms with van der Waals surface area (Å²) in [6.07, 6.45) is 1.24. The molecule has 0 radical (unpaired) electrons. The minimum atomic E-state index is 0.133. The van der Waals surface area contributed by atoms with Crippen molar-refractivity contribution in [2.24, 2.45) is 0 Å². The van der Waals surface area contributed by atoms with E-state index in [1.807, 2.05) is 6.07 Å². The Morgan fingerprint density at radius 2 is 1.33 bits per heavy atom. The molecule has 1 aliphatic carbocycles. The van der Waals surface area contributed by atoms with E-state index in [-0.39, 0.29) is 30.9 Å². The lowest BCUT2D eigenvalue weighted by atomic mass is 10.00. The average molecular weight is 380 g/mol. The molecule has 0 amide bonds. The molecular formula is C15H7Cl5O. The van der Waals surface area contributed by atoms with Crippen molar-refractivity contribution in [1.82, 2.24) is 0 Å². The van der Waals surface area contributed by atoms with Gasteiger partial charge in [0, 0.05) is 17.5 Å². The van der Waals surface area contributed by atoms with Crippen LogP contribution in [0.15, 0.2) is 18.2 Å². The fourth-order valence-electron chi connectivity index (χ4n) is 2.47. The highest BCUT2D eigenvalue weighted by molar-refractivity contribution is 6.56. The van der Waals surface area contributed by atoms with Crippen LogP contribution < -0.4 is 0 Å². The number of carbonyl (C=O) groups is 1. The zero-order valence-electron chi connectivity index (χ0n) is 10.4. The summed E-state index contributed by atoms with van der Waals surface area (Å²) in [4.78, 5) is 11.7. The van der Waals surface area contributed by atoms with Gasteiger partial charge in [0.05, 0.1) is 25.1 Å². The minimum Gasteiger partial charge on any atom is -0.294 e. The lowest BCUT2D eigenvalue weighted by Crippen LogP contribution is -1.92. The highest BCUT2D eigenvalue weighted by atomic mass is 35.5. The first kappa shape index (κ1) is 15.5. The molecule has 3 rings (SSSR count). The van der Waals surface area contributed by atoms with Gasteiger partial charge in [0.2, 0.25) is 0 Å². The summed E-state index contributed by atoms with van der Waals surface area (Å²) in [7, 11) is 0. The van der Waals surface area contributed by atoms with Crippen LogP contribution in [-0.4, -0.2) is 5.78 Å². The summed E-state index contributed by atoms with van der Waals surface area (Å²) in [5.41, 5.74) is 3.02. The van der Waals surface area contributed by atoms with E-state index in [9.17, 15) is 4.79 Å². The topological polar surface area (TPSA) is 17.1 Å². The molecule has 1 nitrogen and oxygen atoms in total. The molecule has 0 fully saturated rings. The first-order chi connectivity index (χ1) is 9.91. The molecule has 0 saturated carbocycles. The van der Waals surface area contributed by atoms with Gasteiger partial charge in [-0.05, 0) is 17.5 Å². The molecule has 0 saturated heterocycles. The van der Waals surface area contributed by atoms with Crippen LogP contribution in [0, 0.1) is 0 Å². The third kappa shape index (κ3) is 2.46. The number of Topliss-reactive ketones (excluding diaryl/α,β-unsaturated/α-hetero) is 1. The van der Waals surface area contributed by atoms with Crippen LogP contribution in [0.1, 0.15) is 22.3 Å². The number of ketones is 1. The van der Waals surface area contributed by atoms with Crippen LogP contribution in [0.2, 0.25) is 25.1 Å². The van der Waals surface area contributed by atoms with Gasteiger partial charge in [0.25, 0.3) is 0 Å². The van der Waals surface area contributed by atoms with Gasteiger partial charge in [0.1, 0.15) is 0 Å². The van der Waals surface area contributed by atoms with E-state index in [1.165, 1.54) is 0 Å². The average Bonchev–Trinajstić information content (AvgIpc) is 2.84. The SMILES string of the molecule is O=C1CCc2cc(-c3c(Cl)c(Cl)c(Cl)c(Cl)c3Cl)ccc21. The summed E-state index contributed by atoms with van der Waals surface area (Å²) >= 11 is 30.7. The second-order valence-corrected chi connectivity index (χ2v) is 6.63. The quantitative estimate of drug-likeness (QED) is 0.395. The number of hydrogen-bond donors (Lipinski definition) is 0. The third-order valence-corrected chi connectivity index (χ3v) is 5.80. The van der Waals surface area contributed by atoms with Crippen LogP contribution in [0.4, 0.5) is 0 Å². The van der Waals surface area contributed by atoms with Crippen molar-refractivity contribution in [3.63, 3.8) is 0 Å². The third-order valence-electron chi connectivity index (χ3n) is 3.53. The molecule has 6 heteroatoms. The van der Waals surface area contributed by atoms with Crippen LogP contribution in [-0.2, 0) is 6.42 Å². The zero-order chi connectivity index (χ0) is 15.3. The second kappa shape index (κ2) is 5.64. The van der Waals surface area contributed by atoms with Gasteiger partial charge in [0.15, 0.2) is 5.78 Å². The Bertz CT molecular complexity index is 753. The van der Waals surface area contributed by atoms with Gasteiger partial charge in [-0.2, -0.15) is 0 Å². The van der Waals surface area contributed by atoms with Crippen LogP contribution in [0.3, 0.4) is 0 Å². The lowest BCUT2D eigenvalue weighted by molar-refractivity contribution is 0.0994. The van der Waals surface area contributed by atoms with Crippen molar-refractivity contribution in [3.05, 3.63) is 54.4 Å². The first-order valence-electron chi connectivity index (χ1n) is 6.09. The number of benzene rings is 2. The van der Waals surface area contributed by atoms with Gasteiger partial charge in [-0.15, -0.1) is 0 Å². The van der Waals surface area contributed by atoms with E-state index >= 15 is 0 Å². The fraction of sp³-hybridized carbons (Fsp3) is 0.133. The van der Waals surface area contributed by atoms with Crippen molar-refractivity contribution < 1.29 is 4.79 Å². The number of aryl methyl sites for hydroxylation is 1. The van der Waals surface area contributed by atoms with Crippen LogP contribution in [0.5, 0.6) is 0 Å². The molecule has 108 valence electrons. The van der Waals surface area contributed by atoms with Crippen molar-refractivity contribution >= 4 is 63.8 Å². The van der Waals surface area contributed by atoms with Gasteiger partial charge in [-0.25, -0.2) is 0 Å². The highest BCUT2D eigenvalue weighted by Crippen LogP contribution is 2.48. The summed E-state index contributed by atoms with van der Waals surface area (Å²) in [5, 5.41) is 0.965. The monoisotopic (exact) mass is 378 g/mol. The Morgan fingerprint density at radius 1 is 0.762 bits per heavy atom. The molecule has 0 heterocycles. The van der Waals surface area contributed by atoms with E-state index in [2.05, 4.69) is 0 Å². The molecule has 0 bridgehead atoms. The van der Waals surface area contributed by atoms with Crippen molar-refractivity contribution in [1.29, 1.82) is 0 Å². The normalized spacial score (nSPS) is 13.7. The molecule has 2 aromatic rings. The lowest BCUT2D eigenvalue weighted by Gasteiger charge is -2.13. The van der Waals surface area contributed by atoms with Crippen molar-refractivity contribution in [3.8, 4) is 11.1 Å². The Morgan fingerprint density at radius 3 is 1.95 bits per heavy atom. The standard InChI is InChI=1S/C15H7Cl5O/c16-11-10(12(17)14(19)15(20)13(11)18)7-1-3-8-6(5-7)2-4-9(8)21/h1,3,5H,2,4H2. The second-order valence-electron chi connectivity index (χ2n) is 4.74. The van der Waals surface area contributed by atoms with Gasteiger partial charge in [-0.1, -0.05) is 76.2 Å². The van der Waals surface area contributed by atoms with E-state index < -0.39 is 0 Å². The maximum Gasteiger partial charge on any atom is 0.163 e. The van der Waals surface area contributed by atoms with Crippen molar-refractivity contribution in [2.75, 3.05) is 0 Å². The van der Waals surface area contributed by atoms with E-state index in [0.29, 0.717) is 18.4 Å². The fourth-order valence-corrected chi connectivity index (χ4v) is 3.83. The summed E-state index contributed by atoms with van der Waals surface area (Å²) < 4.78 is 0. The molecule has 0 aromatic heterocycles. The molecular weight excluding hydrogens is 373 g/mol. The molecule has 1 aliphatic rings. The predicted octanol–water partition coefficient (Wildman–Crippen LogP) is 6.75. The Labute approximate surface area is 146 Å². The maximum atomic E-state index is 11.7. The molecule has 0 spiro atoms. The van der Waals surface area contributed by atoms with Gasteiger partial charge >= 0.3 is 0 Å². The van der Waals surface area contributed by atoms with E-state index in [4.69, 9.17) is 58.0 Å². The summed E-state index contributed by atoms with van der Waals surface area (Å²) in [5.74, 6) is 0.154.